The number of nitrogens with one attached hydrogen (secondary N) is 1. The fourth-order valence-corrected chi connectivity index (χ4v) is 14.5. The van der Waals surface area contributed by atoms with Crippen LogP contribution in [-0.4, -0.2) is 193 Å². The van der Waals surface area contributed by atoms with Gasteiger partial charge in [0.05, 0.1) is 38.6 Å². The SMILES string of the molecule is CC/C=C\C/C=C\C/C=C\C/C=C\CCCCCCCCCCCCCCCCCCCCCCCCCCCCC(=O)NC(COC1OC(CO)C(OC2OC(CO)C(OC3OC(CO)C(O)C(O)C3O)C(O)C2O)C(O)C1O)C(O)/C=C/CC/C=C/CC/C=C/CCCCCCCCCCCCCCCC. The highest BCUT2D eigenvalue weighted by molar-refractivity contribution is 5.76. The number of hydrogen-bond donors (Lipinski definition) is 12. The number of allylic oxidation sites excluding steroid dienone is 13. The van der Waals surface area contributed by atoms with Gasteiger partial charge in [0.25, 0.3) is 0 Å². The Morgan fingerprint density at radius 1 is 0.343 bits per heavy atom. The van der Waals surface area contributed by atoms with E-state index >= 15 is 0 Å². The van der Waals surface area contributed by atoms with E-state index in [2.05, 4.69) is 92.1 Å². The van der Waals surface area contributed by atoms with E-state index in [0.717, 1.165) is 70.6 Å². The van der Waals surface area contributed by atoms with E-state index < -0.39 is 124 Å². The zero-order valence-electron chi connectivity index (χ0n) is 67.6. The molecule has 0 aromatic rings. The molecule has 3 saturated heterocycles. The maximum atomic E-state index is 13.5. The molecule has 0 spiro atoms. The monoisotopic (exact) mass is 1530 g/mol. The number of rotatable bonds is 70. The Hall–Kier alpha value is -3.03. The first-order chi connectivity index (χ1) is 52.8. The number of aliphatic hydroxyl groups is 11. The summed E-state index contributed by atoms with van der Waals surface area (Å²) in [5, 5.41) is 121. The minimum Gasteiger partial charge on any atom is -0.394 e. The van der Waals surface area contributed by atoms with E-state index in [9.17, 15) is 61.0 Å². The Kier molecular flexibility index (Phi) is 62.8. The van der Waals surface area contributed by atoms with Gasteiger partial charge in [0, 0.05) is 6.42 Å². The minimum atomic E-state index is -1.99. The first-order valence-corrected chi connectivity index (χ1v) is 43.8. The van der Waals surface area contributed by atoms with Crippen molar-refractivity contribution in [1.82, 2.24) is 5.32 Å². The van der Waals surface area contributed by atoms with Crippen molar-refractivity contribution in [2.75, 3.05) is 26.4 Å². The second kappa shape index (κ2) is 68.4. The predicted octanol–water partition coefficient (Wildman–Crippen LogP) is 16.1. The fourth-order valence-electron chi connectivity index (χ4n) is 14.5. The van der Waals surface area contributed by atoms with Crippen LogP contribution in [0.2, 0.25) is 0 Å². The largest absolute Gasteiger partial charge is 0.394 e. The summed E-state index contributed by atoms with van der Waals surface area (Å²) < 4.78 is 34.5. The molecule has 3 heterocycles. The molecular weight excluding hydrogens is 1370 g/mol. The first kappa shape index (κ1) is 99.2. The number of amides is 1. The average Bonchev–Trinajstić information content (AvgIpc) is 0.775. The van der Waals surface area contributed by atoms with E-state index in [-0.39, 0.29) is 18.9 Å². The Balaban J connectivity index is 1.32. The van der Waals surface area contributed by atoms with Crippen LogP contribution in [-0.2, 0) is 33.2 Å². The Morgan fingerprint density at radius 3 is 1.04 bits per heavy atom. The van der Waals surface area contributed by atoms with Crippen molar-refractivity contribution >= 4 is 5.91 Å². The van der Waals surface area contributed by atoms with Crippen LogP contribution in [0.15, 0.2) is 85.1 Å². The van der Waals surface area contributed by atoms with Gasteiger partial charge in [-0.1, -0.05) is 336 Å². The standard InChI is InChI=1S/C89H159NO18/c1-3-5-7-9-11-13-15-17-19-21-23-25-27-29-30-31-32-33-34-35-36-37-38-39-40-41-42-43-45-47-49-51-53-55-57-59-61-63-65-67-77(95)90-72(73(94)66-64-62-60-58-56-54-52-50-48-46-44-28-26-24-22-20-18-16-14-12-10-8-6-4-2)71-103-87-83(101)80(98)85(75(69-92)105-87)108-89-84(102)81(99)86(76(70-93)106-89)107-88-82(100)79(97)78(96)74(68-91)104-88/h5,7,11,13,17,19,23,25,48,50,56,58,64,66,72-76,78-89,91-94,96-102H,3-4,6,8-10,12,14-16,18,20-22,24,26-47,49,51-55,57,59-63,65,67-71H2,1-2H3,(H,90,95)/b7-5-,13-11-,19-17-,25-23-,50-48+,58-56+,66-64+. The van der Waals surface area contributed by atoms with Crippen molar-refractivity contribution < 1.29 is 89.4 Å². The molecule has 17 atom stereocenters. The van der Waals surface area contributed by atoms with Crippen molar-refractivity contribution in [1.29, 1.82) is 0 Å². The molecule has 3 rings (SSSR count). The molecule has 3 aliphatic rings. The molecule has 19 nitrogen and oxygen atoms in total. The molecule has 108 heavy (non-hydrogen) atoms. The van der Waals surface area contributed by atoms with Gasteiger partial charge < -0.3 is 89.9 Å². The van der Waals surface area contributed by atoms with Crippen LogP contribution in [0, 0.1) is 0 Å². The van der Waals surface area contributed by atoms with Crippen molar-refractivity contribution in [3.63, 3.8) is 0 Å². The van der Waals surface area contributed by atoms with E-state index in [1.54, 1.807) is 6.08 Å². The van der Waals surface area contributed by atoms with Crippen molar-refractivity contribution in [3.05, 3.63) is 85.1 Å². The molecule has 0 radical (unpaired) electrons. The third kappa shape index (κ3) is 47.0. The molecule has 3 fully saturated rings. The van der Waals surface area contributed by atoms with E-state index in [4.69, 9.17) is 28.4 Å². The van der Waals surface area contributed by atoms with E-state index in [1.165, 1.54) is 238 Å². The number of carbonyl (C=O) groups is 1. The van der Waals surface area contributed by atoms with Gasteiger partial charge in [-0.25, -0.2) is 0 Å². The summed E-state index contributed by atoms with van der Waals surface area (Å²) in [6.45, 7) is 1.64. The number of carbonyl (C=O) groups excluding carboxylic acids is 1. The minimum absolute atomic E-state index is 0.233. The van der Waals surface area contributed by atoms with Gasteiger partial charge >= 0.3 is 0 Å². The fraction of sp³-hybridized carbons (Fsp3) is 0.831. The molecule has 1 amide bonds. The Labute approximate surface area is 654 Å². The summed E-state index contributed by atoms with van der Waals surface area (Å²) >= 11 is 0. The highest BCUT2D eigenvalue weighted by Gasteiger charge is 2.54. The molecule has 3 aliphatic heterocycles. The molecular formula is C89H159NO18. The van der Waals surface area contributed by atoms with E-state index in [1.807, 2.05) is 6.08 Å². The van der Waals surface area contributed by atoms with Gasteiger partial charge in [-0.2, -0.15) is 0 Å². The third-order valence-corrected chi connectivity index (χ3v) is 21.4. The lowest BCUT2D eigenvalue weighted by molar-refractivity contribution is -0.379. The summed E-state index contributed by atoms with van der Waals surface area (Å²) in [4.78, 5) is 13.5. The number of unbranched alkanes of at least 4 members (excludes halogenated alkanes) is 42. The molecule has 17 unspecified atom stereocenters. The van der Waals surface area contributed by atoms with Crippen LogP contribution in [0.25, 0.3) is 0 Å². The molecule has 0 bridgehead atoms. The molecule has 0 aromatic carbocycles. The summed E-state index contributed by atoms with van der Waals surface area (Å²) in [5.74, 6) is -0.285. The molecule has 0 aliphatic carbocycles. The molecule has 628 valence electrons. The van der Waals surface area contributed by atoms with Crippen LogP contribution in [0.4, 0.5) is 0 Å². The van der Waals surface area contributed by atoms with E-state index in [0.29, 0.717) is 12.8 Å². The summed E-state index contributed by atoms with van der Waals surface area (Å²) in [7, 11) is 0. The Bertz CT molecular complexity index is 2280. The molecule has 19 heteroatoms. The number of hydrogen-bond acceptors (Lipinski definition) is 18. The van der Waals surface area contributed by atoms with Gasteiger partial charge in [-0.15, -0.1) is 0 Å². The van der Waals surface area contributed by atoms with Crippen molar-refractivity contribution in [3.8, 4) is 0 Å². The highest BCUT2D eigenvalue weighted by atomic mass is 16.8. The maximum absolute atomic E-state index is 13.5. The molecule has 0 aromatic heterocycles. The van der Waals surface area contributed by atoms with Crippen molar-refractivity contribution in [2.24, 2.45) is 0 Å². The van der Waals surface area contributed by atoms with Crippen LogP contribution in [0.5, 0.6) is 0 Å². The van der Waals surface area contributed by atoms with Gasteiger partial charge in [0.15, 0.2) is 18.9 Å². The van der Waals surface area contributed by atoms with Crippen LogP contribution < -0.4 is 5.32 Å². The smallest absolute Gasteiger partial charge is 0.220 e. The third-order valence-electron chi connectivity index (χ3n) is 21.4. The quantitative estimate of drug-likeness (QED) is 0.0199. The second-order valence-electron chi connectivity index (χ2n) is 31.0. The summed E-state index contributed by atoms with van der Waals surface area (Å²) in [6, 6.07) is -1.000. The number of aliphatic hydroxyl groups excluding tert-OH is 11. The van der Waals surface area contributed by atoms with Gasteiger partial charge in [-0.05, 0) is 83.5 Å². The summed E-state index contributed by atoms with van der Waals surface area (Å²) in [5.41, 5.74) is 0. The zero-order valence-corrected chi connectivity index (χ0v) is 67.6. The lowest BCUT2D eigenvalue weighted by Gasteiger charge is -2.48. The normalized spacial score (nSPS) is 25.8. The average molecular weight is 1530 g/mol. The Morgan fingerprint density at radius 2 is 0.648 bits per heavy atom. The van der Waals surface area contributed by atoms with Gasteiger partial charge in [0.2, 0.25) is 5.91 Å². The first-order valence-electron chi connectivity index (χ1n) is 43.8. The predicted molar refractivity (Wildman–Crippen MR) is 434 cm³/mol. The van der Waals surface area contributed by atoms with Gasteiger partial charge in [-0.3, -0.25) is 4.79 Å². The number of ether oxygens (including phenoxy) is 6. The zero-order chi connectivity index (χ0) is 78.1. The van der Waals surface area contributed by atoms with Crippen LogP contribution in [0.1, 0.15) is 341 Å². The lowest BCUT2D eigenvalue weighted by atomic mass is 9.96. The maximum Gasteiger partial charge on any atom is 0.220 e. The molecule has 0 saturated carbocycles. The topological polar surface area (TPSA) is 307 Å². The lowest BCUT2D eigenvalue weighted by Crippen LogP contribution is -2.66. The van der Waals surface area contributed by atoms with Crippen LogP contribution >= 0.6 is 0 Å². The van der Waals surface area contributed by atoms with Gasteiger partial charge in [0.1, 0.15) is 73.2 Å². The summed E-state index contributed by atoms with van der Waals surface area (Å²) in [6.07, 6.45) is 66.0. The second-order valence-corrected chi connectivity index (χ2v) is 31.0. The highest BCUT2D eigenvalue weighted by Crippen LogP contribution is 2.33. The molecule has 12 N–H and O–H groups in total. The van der Waals surface area contributed by atoms with Crippen LogP contribution in [0.3, 0.4) is 0 Å². The van der Waals surface area contributed by atoms with Crippen molar-refractivity contribution in [2.45, 2.75) is 446 Å².